The van der Waals surface area contributed by atoms with Crippen LogP contribution < -0.4 is 20.3 Å². The van der Waals surface area contributed by atoms with Crippen molar-refractivity contribution in [3.05, 3.63) is 24.3 Å². The number of nitrogens with zero attached hydrogens (tertiary/aromatic N) is 3. The number of hydrogen-bond acceptors (Lipinski definition) is 7. The van der Waals surface area contributed by atoms with E-state index in [1.165, 1.54) is 0 Å². The molecule has 0 radical (unpaired) electrons. The molecule has 8 nitrogen and oxygen atoms in total. The molecule has 1 atom stereocenters. The number of aromatic nitrogens is 2. The normalized spacial score (nSPS) is 20.3. The van der Waals surface area contributed by atoms with Gasteiger partial charge in [0.15, 0.2) is 0 Å². The summed E-state index contributed by atoms with van der Waals surface area (Å²) in [6, 6.07) is 8.07. The van der Waals surface area contributed by atoms with Crippen molar-refractivity contribution in [2.24, 2.45) is 11.8 Å². The summed E-state index contributed by atoms with van der Waals surface area (Å²) in [4.78, 5) is 19.0. The molecule has 0 bridgehead atoms. The summed E-state index contributed by atoms with van der Waals surface area (Å²) in [5.41, 5.74) is 0.881. The summed E-state index contributed by atoms with van der Waals surface area (Å²) in [6.45, 7) is 4.33. The van der Waals surface area contributed by atoms with Crippen LogP contribution in [0.1, 0.15) is 19.3 Å². The van der Waals surface area contributed by atoms with Crippen molar-refractivity contribution in [2.45, 2.75) is 19.3 Å². The van der Waals surface area contributed by atoms with E-state index in [1.54, 1.807) is 7.11 Å². The molecule has 0 unspecified atom stereocenters. The van der Waals surface area contributed by atoms with Gasteiger partial charge in [-0.2, -0.15) is 4.98 Å². The number of anilines is 1. The molecule has 1 aromatic carbocycles. The number of ether oxygens (including phenoxy) is 1. The number of hydrogen-bond donors (Lipinski definition) is 2. The van der Waals surface area contributed by atoms with Crippen LogP contribution in [-0.2, 0) is 4.79 Å². The smallest absolute Gasteiger partial charge is 0.324 e. The van der Waals surface area contributed by atoms with Crippen LogP contribution in [0.5, 0.6) is 5.75 Å². The summed E-state index contributed by atoms with van der Waals surface area (Å²) in [5.74, 6) is 2.16. The molecule has 4 rings (SSSR count). The van der Waals surface area contributed by atoms with Crippen LogP contribution in [-0.4, -0.2) is 55.9 Å². The topological polar surface area (TPSA) is 92.5 Å². The van der Waals surface area contributed by atoms with Crippen molar-refractivity contribution in [3.63, 3.8) is 0 Å². The fourth-order valence-corrected chi connectivity index (χ4v) is 3.81. The Morgan fingerprint density at radius 1 is 1.29 bits per heavy atom. The van der Waals surface area contributed by atoms with Gasteiger partial charge in [0.05, 0.1) is 7.11 Å². The van der Waals surface area contributed by atoms with Gasteiger partial charge in [-0.3, -0.25) is 4.79 Å². The van der Waals surface area contributed by atoms with Crippen molar-refractivity contribution in [1.82, 2.24) is 20.8 Å². The van der Waals surface area contributed by atoms with E-state index in [2.05, 4.69) is 25.7 Å². The molecule has 0 spiro atoms. The largest absolute Gasteiger partial charge is 0.497 e. The zero-order chi connectivity index (χ0) is 19.3. The monoisotopic (exact) mass is 385 g/mol. The highest BCUT2D eigenvalue weighted by Crippen LogP contribution is 2.26. The molecule has 1 amide bonds. The highest BCUT2D eigenvalue weighted by Gasteiger charge is 2.28. The zero-order valence-corrected chi connectivity index (χ0v) is 16.2. The number of benzene rings is 1. The van der Waals surface area contributed by atoms with Crippen LogP contribution in [0.3, 0.4) is 0 Å². The zero-order valence-electron chi connectivity index (χ0n) is 16.2. The average molecular weight is 385 g/mol. The first kappa shape index (κ1) is 18.7. The second-order valence-electron chi connectivity index (χ2n) is 7.49. The van der Waals surface area contributed by atoms with Crippen molar-refractivity contribution >= 4 is 11.9 Å². The third-order valence-corrected chi connectivity index (χ3v) is 5.63. The first-order valence-corrected chi connectivity index (χ1v) is 9.94. The van der Waals surface area contributed by atoms with Gasteiger partial charge < -0.3 is 24.8 Å². The molecule has 28 heavy (non-hydrogen) atoms. The summed E-state index contributed by atoms with van der Waals surface area (Å²) in [6.07, 6.45) is 2.75. The highest BCUT2D eigenvalue weighted by molar-refractivity contribution is 5.79. The molecule has 1 aromatic heterocycles. The maximum atomic E-state index is 12.4. The Kier molecular flexibility index (Phi) is 5.76. The molecule has 2 fully saturated rings. The maximum Gasteiger partial charge on any atom is 0.324 e. The van der Waals surface area contributed by atoms with Crippen molar-refractivity contribution < 1.29 is 14.1 Å². The predicted octanol–water partition coefficient (Wildman–Crippen LogP) is 1.69. The lowest BCUT2D eigenvalue weighted by Crippen LogP contribution is -2.42. The van der Waals surface area contributed by atoms with E-state index in [0.29, 0.717) is 17.8 Å². The van der Waals surface area contributed by atoms with Gasteiger partial charge in [0.1, 0.15) is 5.75 Å². The van der Waals surface area contributed by atoms with Crippen molar-refractivity contribution in [2.75, 3.05) is 44.7 Å². The Balaban J connectivity index is 1.28. The van der Waals surface area contributed by atoms with Gasteiger partial charge in [0, 0.05) is 31.1 Å². The molecule has 0 saturated carbocycles. The Hall–Kier alpha value is -2.61. The fraction of sp³-hybridized carbons (Fsp3) is 0.550. The third-order valence-electron chi connectivity index (χ3n) is 5.63. The van der Waals surface area contributed by atoms with E-state index >= 15 is 0 Å². The Labute approximate surface area is 164 Å². The second kappa shape index (κ2) is 8.60. The van der Waals surface area contributed by atoms with E-state index in [0.717, 1.165) is 63.3 Å². The molecule has 2 aromatic rings. The molecule has 8 heteroatoms. The van der Waals surface area contributed by atoms with Crippen LogP contribution >= 0.6 is 0 Å². The number of methoxy groups -OCH3 is 1. The number of rotatable bonds is 6. The summed E-state index contributed by atoms with van der Waals surface area (Å²) >= 11 is 0. The third kappa shape index (κ3) is 4.27. The molecule has 150 valence electrons. The number of nitrogens with one attached hydrogen (secondary N) is 2. The number of amides is 1. The van der Waals surface area contributed by atoms with Gasteiger partial charge in [-0.25, -0.2) is 0 Å². The summed E-state index contributed by atoms with van der Waals surface area (Å²) in [7, 11) is 1.64. The maximum absolute atomic E-state index is 12.4. The van der Waals surface area contributed by atoms with Gasteiger partial charge in [-0.1, -0.05) is 5.16 Å². The van der Waals surface area contributed by atoms with E-state index in [4.69, 9.17) is 9.26 Å². The minimum Gasteiger partial charge on any atom is -0.497 e. The number of carbonyl (C=O) groups excluding carboxylic acids is 1. The molecule has 3 heterocycles. The predicted molar refractivity (Wildman–Crippen MR) is 105 cm³/mol. The fourth-order valence-electron chi connectivity index (χ4n) is 3.81. The minimum absolute atomic E-state index is 0.0644. The highest BCUT2D eigenvalue weighted by atomic mass is 16.5. The van der Waals surface area contributed by atoms with Crippen LogP contribution in [0, 0.1) is 11.8 Å². The van der Waals surface area contributed by atoms with Crippen LogP contribution in [0.2, 0.25) is 0 Å². The van der Waals surface area contributed by atoms with Gasteiger partial charge in [0.2, 0.25) is 11.7 Å². The molecular weight excluding hydrogens is 358 g/mol. The van der Waals surface area contributed by atoms with Crippen molar-refractivity contribution in [1.29, 1.82) is 0 Å². The summed E-state index contributed by atoms with van der Waals surface area (Å²) in [5, 5.41) is 10.5. The minimum atomic E-state index is 0.0644. The van der Waals surface area contributed by atoms with Crippen LogP contribution in [0.25, 0.3) is 11.4 Å². The van der Waals surface area contributed by atoms with Crippen LogP contribution in [0.4, 0.5) is 6.01 Å². The Bertz CT molecular complexity index is 777. The van der Waals surface area contributed by atoms with E-state index in [-0.39, 0.29) is 11.8 Å². The quantitative estimate of drug-likeness (QED) is 0.782. The average Bonchev–Trinajstić information content (AvgIpc) is 3.44. The summed E-state index contributed by atoms with van der Waals surface area (Å²) < 4.78 is 10.6. The lowest BCUT2D eigenvalue weighted by Gasteiger charge is -2.29. The van der Waals surface area contributed by atoms with Gasteiger partial charge in [-0.15, -0.1) is 0 Å². The van der Waals surface area contributed by atoms with Crippen LogP contribution in [0.15, 0.2) is 28.8 Å². The first-order chi connectivity index (χ1) is 13.7. The Morgan fingerprint density at radius 2 is 2.07 bits per heavy atom. The van der Waals surface area contributed by atoms with E-state index < -0.39 is 0 Å². The number of carbonyl (C=O) groups is 1. The lowest BCUT2D eigenvalue weighted by atomic mass is 9.96. The van der Waals surface area contributed by atoms with Gasteiger partial charge in [-0.05, 0) is 62.5 Å². The second-order valence-corrected chi connectivity index (χ2v) is 7.49. The molecular formula is C20H27N5O3. The molecule has 0 aliphatic carbocycles. The lowest BCUT2D eigenvalue weighted by molar-refractivity contribution is -0.125. The molecule has 2 aliphatic heterocycles. The SMILES string of the molecule is COc1ccc(-c2noc(N3CCC(C(=O)NC[C@H]4CCNC4)CC3)n2)cc1. The molecule has 2 saturated heterocycles. The first-order valence-electron chi connectivity index (χ1n) is 9.94. The van der Waals surface area contributed by atoms with Gasteiger partial charge in [0.25, 0.3) is 0 Å². The van der Waals surface area contributed by atoms with E-state index in [9.17, 15) is 4.79 Å². The molecule has 2 aliphatic rings. The number of piperidine rings is 1. The molecule has 2 N–H and O–H groups in total. The standard InChI is InChI=1S/C20H27N5O3/c1-27-17-4-2-15(3-5-17)18-23-20(28-24-18)25-10-7-16(8-11-25)19(26)22-13-14-6-9-21-12-14/h2-5,14,16,21H,6-13H2,1H3,(H,22,26)/t14-/m0/s1. The Morgan fingerprint density at radius 3 is 2.75 bits per heavy atom. The van der Waals surface area contributed by atoms with Crippen molar-refractivity contribution in [3.8, 4) is 17.1 Å². The van der Waals surface area contributed by atoms with E-state index in [1.807, 2.05) is 24.3 Å². The van der Waals surface area contributed by atoms with Gasteiger partial charge >= 0.3 is 6.01 Å².